The number of anilines is 1. The number of aliphatic hydroxyl groups excluding tert-OH is 1. The molecule has 1 aliphatic carbocycles. The van der Waals surface area contributed by atoms with Gasteiger partial charge in [0.2, 0.25) is 0 Å². The zero-order valence-corrected chi connectivity index (χ0v) is 10.9. The quantitative estimate of drug-likeness (QED) is 0.786. The standard InChI is InChI=1S/C15H21NO2/c1-2-15(18)13-8-3-4-9-14(13)16(10-11-17)12-6-5-7-12/h3-4,8-9,12,17H,2,5-7,10-11H2,1H3. The third-order valence-electron chi connectivity index (χ3n) is 3.69. The van der Waals surface area contributed by atoms with Gasteiger partial charge in [0, 0.05) is 30.3 Å². The van der Waals surface area contributed by atoms with Gasteiger partial charge >= 0.3 is 0 Å². The van der Waals surface area contributed by atoms with Gasteiger partial charge in [-0.2, -0.15) is 0 Å². The Hall–Kier alpha value is -1.35. The summed E-state index contributed by atoms with van der Waals surface area (Å²) in [5.74, 6) is 0.174. The SMILES string of the molecule is CCC(=O)c1ccccc1N(CCO)C1CCC1. The summed E-state index contributed by atoms with van der Waals surface area (Å²) in [6.45, 7) is 2.63. The van der Waals surface area contributed by atoms with Gasteiger partial charge in [-0.05, 0) is 31.4 Å². The van der Waals surface area contributed by atoms with Crippen LogP contribution in [0.25, 0.3) is 0 Å². The van der Waals surface area contributed by atoms with E-state index >= 15 is 0 Å². The molecule has 0 amide bonds. The molecule has 3 nitrogen and oxygen atoms in total. The third-order valence-corrected chi connectivity index (χ3v) is 3.69. The van der Waals surface area contributed by atoms with Crippen LogP contribution in [-0.4, -0.2) is 30.1 Å². The van der Waals surface area contributed by atoms with E-state index in [9.17, 15) is 9.90 Å². The van der Waals surface area contributed by atoms with E-state index in [0.29, 0.717) is 19.0 Å². The Morgan fingerprint density at radius 1 is 1.39 bits per heavy atom. The molecule has 1 aromatic rings. The van der Waals surface area contributed by atoms with Gasteiger partial charge < -0.3 is 10.0 Å². The predicted molar refractivity (Wildman–Crippen MR) is 73.1 cm³/mol. The molecule has 0 radical (unpaired) electrons. The Kier molecular flexibility index (Phi) is 4.37. The summed E-state index contributed by atoms with van der Waals surface area (Å²) in [5, 5.41) is 9.23. The smallest absolute Gasteiger partial charge is 0.164 e. The van der Waals surface area contributed by atoms with Crippen molar-refractivity contribution in [1.29, 1.82) is 0 Å². The summed E-state index contributed by atoms with van der Waals surface area (Å²) in [5.41, 5.74) is 1.78. The van der Waals surface area contributed by atoms with Crippen molar-refractivity contribution in [1.82, 2.24) is 0 Å². The molecule has 1 N–H and O–H groups in total. The topological polar surface area (TPSA) is 40.5 Å². The molecule has 1 aromatic carbocycles. The summed E-state index contributed by atoms with van der Waals surface area (Å²) in [6.07, 6.45) is 4.09. The number of hydrogen-bond acceptors (Lipinski definition) is 3. The van der Waals surface area contributed by atoms with Crippen molar-refractivity contribution in [3.05, 3.63) is 29.8 Å². The van der Waals surface area contributed by atoms with Crippen molar-refractivity contribution in [3.8, 4) is 0 Å². The highest BCUT2D eigenvalue weighted by molar-refractivity contribution is 6.01. The lowest BCUT2D eigenvalue weighted by molar-refractivity contribution is 0.0988. The number of benzene rings is 1. The maximum atomic E-state index is 12.0. The Bertz CT molecular complexity index is 413. The molecule has 0 aliphatic heterocycles. The Balaban J connectivity index is 2.30. The average molecular weight is 247 g/mol. The number of nitrogens with zero attached hydrogens (tertiary/aromatic N) is 1. The minimum absolute atomic E-state index is 0.130. The predicted octanol–water partition coefficient (Wildman–Crippen LogP) is 2.63. The van der Waals surface area contributed by atoms with Crippen molar-refractivity contribution < 1.29 is 9.90 Å². The number of rotatable bonds is 6. The van der Waals surface area contributed by atoms with Gasteiger partial charge in [0.15, 0.2) is 5.78 Å². The molecule has 3 heteroatoms. The lowest BCUT2D eigenvalue weighted by atomic mass is 9.90. The summed E-state index contributed by atoms with van der Waals surface area (Å²) in [6, 6.07) is 8.25. The van der Waals surface area contributed by atoms with Crippen molar-refractivity contribution in [2.75, 3.05) is 18.1 Å². The van der Waals surface area contributed by atoms with E-state index in [4.69, 9.17) is 0 Å². The number of ketones is 1. The molecule has 0 spiro atoms. The van der Waals surface area contributed by atoms with E-state index in [-0.39, 0.29) is 12.4 Å². The molecule has 18 heavy (non-hydrogen) atoms. The molecular weight excluding hydrogens is 226 g/mol. The van der Waals surface area contributed by atoms with Crippen LogP contribution in [0.1, 0.15) is 43.0 Å². The highest BCUT2D eigenvalue weighted by Gasteiger charge is 2.26. The van der Waals surface area contributed by atoms with E-state index in [2.05, 4.69) is 4.90 Å². The first-order chi connectivity index (χ1) is 8.77. The van der Waals surface area contributed by atoms with Crippen molar-refractivity contribution in [2.45, 2.75) is 38.6 Å². The van der Waals surface area contributed by atoms with Gasteiger partial charge in [-0.15, -0.1) is 0 Å². The van der Waals surface area contributed by atoms with Crippen LogP contribution in [0.5, 0.6) is 0 Å². The first-order valence-corrected chi connectivity index (χ1v) is 6.77. The van der Waals surface area contributed by atoms with E-state index in [1.165, 1.54) is 6.42 Å². The van der Waals surface area contributed by atoms with Crippen LogP contribution in [0.3, 0.4) is 0 Å². The fourth-order valence-electron chi connectivity index (χ4n) is 2.46. The monoisotopic (exact) mass is 247 g/mol. The van der Waals surface area contributed by atoms with Gasteiger partial charge in [0.25, 0.3) is 0 Å². The van der Waals surface area contributed by atoms with E-state index in [1.807, 2.05) is 31.2 Å². The molecule has 1 saturated carbocycles. The molecule has 0 atom stereocenters. The van der Waals surface area contributed by atoms with Gasteiger partial charge in [0.05, 0.1) is 6.61 Å². The van der Waals surface area contributed by atoms with Gasteiger partial charge in [-0.3, -0.25) is 4.79 Å². The average Bonchev–Trinajstić information content (AvgIpc) is 2.35. The first-order valence-electron chi connectivity index (χ1n) is 6.77. The highest BCUT2D eigenvalue weighted by atomic mass is 16.3. The Morgan fingerprint density at radius 3 is 2.67 bits per heavy atom. The molecule has 98 valence electrons. The van der Waals surface area contributed by atoms with Crippen LogP contribution in [-0.2, 0) is 0 Å². The summed E-state index contributed by atoms with van der Waals surface area (Å²) < 4.78 is 0. The Morgan fingerprint density at radius 2 is 2.11 bits per heavy atom. The van der Waals surface area contributed by atoms with Crippen molar-refractivity contribution in [2.24, 2.45) is 0 Å². The fraction of sp³-hybridized carbons (Fsp3) is 0.533. The molecule has 0 unspecified atom stereocenters. The fourth-order valence-corrected chi connectivity index (χ4v) is 2.46. The molecule has 1 aliphatic rings. The first kappa shape index (κ1) is 13.1. The van der Waals surface area contributed by atoms with E-state index in [1.54, 1.807) is 0 Å². The van der Waals surface area contributed by atoms with Crippen LogP contribution in [0.2, 0.25) is 0 Å². The second-order valence-electron chi connectivity index (χ2n) is 4.80. The molecule has 2 rings (SSSR count). The lowest BCUT2D eigenvalue weighted by Crippen LogP contribution is -2.42. The minimum atomic E-state index is 0.130. The number of carbonyl (C=O) groups is 1. The zero-order valence-electron chi connectivity index (χ0n) is 10.9. The normalized spacial score (nSPS) is 15.2. The largest absolute Gasteiger partial charge is 0.395 e. The third kappa shape index (κ3) is 2.56. The summed E-state index contributed by atoms with van der Waals surface area (Å²) >= 11 is 0. The number of para-hydroxylation sites is 1. The van der Waals surface area contributed by atoms with Crippen LogP contribution < -0.4 is 4.90 Å². The van der Waals surface area contributed by atoms with Gasteiger partial charge in [0.1, 0.15) is 0 Å². The second-order valence-corrected chi connectivity index (χ2v) is 4.80. The van der Waals surface area contributed by atoms with E-state index in [0.717, 1.165) is 24.1 Å². The maximum absolute atomic E-state index is 12.0. The zero-order chi connectivity index (χ0) is 13.0. The van der Waals surface area contributed by atoms with Gasteiger partial charge in [-0.25, -0.2) is 0 Å². The van der Waals surface area contributed by atoms with Crippen molar-refractivity contribution in [3.63, 3.8) is 0 Å². The van der Waals surface area contributed by atoms with Crippen LogP contribution in [0.15, 0.2) is 24.3 Å². The van der Waals surface area contributed by atoms with Crippen molar-refractivity contribution >= 4 is 11.5 Å². The van der Waals surface area contributed by atoms with Gasteiger partial charge in [-0.1, -0.05) is 19.1 Å². The van der Waals surface area contributed by atoms with Crippen LogP contribution in [0, 0.1) is 0 Å². The number of Topliss-reactive ketones (excluding diaryl/α,β-unsaturated/α-hetero) is 1. The summed E-state index contributed by atoms with van der Waals surface area (Å²) in [7, 11) is 0. The lowest BCUT2D eigenvalue weighted by Gasteiger charge is -2.39. The van der Waals surface area contributed by atoms with Crippen LogP contribution in [0.4, 0.5) is 5.69 Å². The van der Waals surface area contributed by atoms with E-state index < -0.39 is 0 Å². The summed E-state index contributed by atoms with van der Waals surface area (Å²) in [4.78, 5) is 14.2. The highest BCUT2D eigenvalue weighted by Crippen LogP contribution is 2.31. The molecule has 0 aromatic heterocycles. The Labute approximate surface area is 108 Å². The number of aliphatic hydroxyl groups is 1. The van der Waals surface area contributed by atoms with Crippen LogP contribution >= 0.6 is 0 Å². The maximum Gasteiger partial charge on any atom is 0.164 e. The molecule has 0 bridgehead atoms. The molecular formula is C15H21NO2. The minimum Gasteiger partial charge on any atom is -0.395 e. The second kappa shape index (κ2) is 6.01. The molecule has 1 fully saturated rings. The molecule has 0 saturated heterocycles. The molecule has 0 heterocycles. The number of hydrogen-bond donors (Lipinski definition) is 1. The number of carbonyl (C=O) groups excluding carboxylic acids is 1.